The Bertz CT molecular complexity index is 684. The molecule has 0 saturated heterocycles. The average Bonchev–Trinajstić information content (AvgIpc) is 2.92. The first-order valence-corrected chi connectivity index (χ1v) is 6.35. The van der Waals surface area contributed by atoms with Gasteiger partial charge in [-0.25, -0.2) is 4.68 Å². The van der Waals surface area contributed by atoms with E-state index >= 15 is 0 Å². The van der Waals surface area contributed by atoms with E-state index in [9.17, 15) is 4.79 Å². The third-order valence-electron chi connectivity index (χ3n) is 2.87. The molecule has 8 heteroatoms. The highest BCUT2D eigenvalue weighted by Crippen LogP contribution is 2.17. The summed E-state index contributed by atoms with van der Waals surface area (Å²) in [7, 11) is 5.13. The molecular weight excluding hydrogens is 276 g/mol. The van der Waals surface area contributed by atoms with Gasteiger partial charge in [0.25, 0.3) is 5.91 Å². The minimum atomic E-state index is -0.167. The zero-order chi connectivity index (χ0) is 15.0. The molecule has 2 heterocycles. The second-order valence-corrected chi connectivity index (χ2v) is 5.06. The largest absolute Gasteiger partial charge is 0.389 e. The lowest BCUT2D eigenvalue weighted by molar-refractivity contribution is 0.0821. The first-order valence-electron chi connectivity index (χ1n) is 5.94. The molecule has 0 atom stereocenters. The smallest absolute Gasteiger partial charge is 0.273 e. The number of nitrogens with zero attached hydrogens (tertiary/aromatic N) is 5. The molecule has 1 amide bonds. The SMILES string of the molecule is Cc1nn(C)c(-n2ccc(C(=O)N(C)C)n2)c1C(N)=S. The lowest BCUT2D eigenvalue weighted by Crippen LogP contribution is -2.22. The number of thiocarbonyl (C=S) groups is 1. The van der Waals surface area contributed by atoms with E-state index in [4.69, 9.17) is 18.0 Å². The Hall–Kier alpha value is -2.22. The third-order valence-corrected chi connectivity index (χ3v) is 3.07. The van der Waals surface area contributed by atoms with Crippen LogP contribution in [0.25, 0.3) is 5.82 Å². The van der Waals surface area contributed by atoms with Gasteiger partial charge in [-0.2, -0.15) is 10.2 Å². The molecule has 0 radical (unpaired) electrons. The lowest BCUT2D eigenvalue weighted by atomic mass is 10.2. The van der Waals surface area contributed by atoms with E-state index in [-0.39, 0.29) is 10.9 Å². The number of nitrogens with two attached hydrogens (primary N) is 1. The van der Waals surface area contributed by atoms with Gasteiger partial charge in [0.15, 0.2) is 11.5 Å². The molecule has 0 unspecified atom stereocenters. The topological polar surface area (TPSA) is 82.0 Å². The lowest BCUT2D eigenvalue weighted by Gasteiger charge is -2.08. The summed E-state index contributed by atoms with van der Waals surface area (Å²) in [6, 6.07) is 1.65. The number of amides is 1. The fourth-order valence-electron chi connectivity index (χ4n) is 1.98. The van der Waals surface area contributed by atoms with Gasteiger partial charge < -0.3 is 10.6 Å². The molecule has 0 bridgehead atoms. The molecule has 106 valence electrons. The highest BCUT2D eigenvalue weighted by molar-refractivity contribution is 7.80. The number of aryl methyl sites for hydroxylation is 2. The normalized spacial score (nSPS) is 10.6. The molecule has 0 aliphatic heterocycles. The average molecular weight is 292 g/mol. The van der Waals surface area contributed by atoms with Gasteiger partial charge in [0.2, 0.25) is 0 Å². The van der Waals surface area contributed by atoms with Crippen LogP contribution < -0.4 is 5.73 Å². The quantitative estimate of drug-likeness (QED) is 0.820. The monoisotopic (exact) mass is 292 g/mol. The Morgan fingerprint density at radius 1 is 1.40 bits per heavy atom. The van der Waals surface area contributed by atoms with Crippen molar-refractivity contribution in [1.29, 1.82) is 0 Å². The van der Waals surface area contributed by atoms with Crippen LogP contribution in [0, 0.1) is 6.92 Å². The Morgan fingerprint density at radius 2 is 2.05 bits per heavy atom. The van der Waals surface area contributed by atoms with Crippen LogP contribution >= 0.6 is 12.2 Å². The van der Waals surface area contributed by atoms with Crippen LogP contribution in [0.3, 0.4) is 0 Å². The van der Waals surface area contributed by atoms with Gasteiger partial charge in [-0.3, -0.25) is 9.48 Å². The Labute approximate surface area is 122 Å². The molecule has 2 aromatic heterocycles. The molecule has 0 aromatic carbocycles. The summed E-state index contributed by atoms with van der Waals surface area (Å²) >= 11 is 5.06. The summed E-state index contributed by atoms with van der Waals surface area (Å²) in [6.07, 6.45) is 1.69. The van der Waals surface area contributed by atoms with E-state index in [1.165, 1.54) is 4.90 Å². The first-order chi connectivity index (χ1) is 9.32. The number of aromatic nitrogens is 4. The fraction of sp³-hybridized carbons (Fsp3) is 0.333. The second-order valence-electron chi connectivity index (χ2n) is 4.62. The number of rotatable bonds is 3. The van der Waals surface area contributed by atoms with Crippen molar-refractivity contribution < 1.29 is 4.79 Å². The molecule has 20 heavy (non-hydrogen) atoms. The van der Waals surface area contributed by atoms with Crippen LogP contribution in [0.5, 0.6) is 0 Å². The molecule has 7 nitrogen and oxygen atoms in total. The molecule has 0 spiro atoms. The van der Waals surface area contributed by atoms with Crippen molar-refractivity contribution in [2.75, 3.05) is 14.1 Å². The summed E-state index contributed by atoms with van der Waals surface area (Å²) in [6.45, 7) is 1.83. The van der Waals surface area contributed by atoms with E-state index < -0.39 is 0 Å². The van der Waals surface area contributed by atoms with Crippen molar-refractivity contribution in [3.8, 4) is 5.82 Å². The summed E-state index contributed by atoms with van der Waals surface area (Å²) in [4.78, 5) is 13.6. The van der Waals surface area contributed by atoms with Crippen LogP contribution in [0.4, 0.5) is 0 Å². The molecule has 0 fully saturated rings. The molecule has 2 aromatic rings. The number of hydrogen-bond donors (Lipinski definition) is 1. The highest BCUT2D eigenvalue weighted by Gasteiger charge is 2.19. The fourth-order valence-corrected chi connectivity index (χ4v) is 2.22. The van der Waals surface area contributed by atoms with Crippen LogP contribution in [0.2, 0.25) is 0 Å². The van der Waals surface area contributed by atoms with E-state index in [2.05, 4.69) is 10.2 Å². The van der Waals surface area contributed by atoms with Gasteiger partial charge >= 0.3 is 0 Å². The summed E-state index contributed by atoms with van der Waals surface area (Å²) < 4.78 is 3.20. The first kappa shape index (κ1) is 14.2. The van der Waals surface area contributed by atoms with Crippen LogP contribution in [-0.4, -0.2) is 49.5 Å². The second kappa shape index (κ2) is 5.04. The van der Waals surface area contributed by atoms with Crippen molar-refractivity contribution in [2.45, 2.75) is 6.92 Å². The summed E-state index contributed by atoms with van der Waals surface area (Å²) in [5.74, 6) is 0.479. The molecular formula is C12H16N6OS. The van der Waals surface area contributed by atoms with Crippen molar-refractivity contribution in [1.82, 2.24) is 24.5 Å². The predicted molar refractivity (Wildman–Crippen MR) is 79.0 cm³/mol. The van der Waals surface area contributed by atoms with Crippen LogP contribution in [0.15, 0.2) is 12.3 Å². The Kier molecular flexibility index (Phi) is 3.58. The predicted octanol–water partition coefficient (Wildman–Crippen LogP) is 0.250. The van der Waals surface area contributed by atoms with Crippen molar-refractivity contribution in [3.63, 3.8) is 0 Å². The molecule has 0 aliphatic rings. The van der Waals surface area contributed by atoms with Gasteiger partial charge in [-0.15, -0.1) is 0 Å². The minimum Gasteiger partial charge on any atom is -0.389 e. The van der Waals surface area contributed by atoms with Gasteiger partial charge in [0.05, 0.1) is 11.3 Å². The van der Waals surface area contributed by atoms with Crippen molar-refractivity contribution in [3.05, 3.63) is 29.2 Å². The molecule has 2 rings (SSSR count). The maximum Gasteiger partial charge on any atom is 0.273 e. The van der Waals surface area contributed by atoms with Crippen molar-refractivity contribution in [2.24, 2.45) is 12.8 Å². The Morgan fingerprint density at radius 3 is 2.60 bits per heavy atom. The Balaban J connectivity index is 2.53. The van der Waals surface area contributed by atoms with Crippen LogP contribution in [0.1, 0.15) is 21.7 Å². The minimum absolute atomic E-state index is 0.167. The van der Waals surface area contributed by atoms with E-state index in [1.807, 2.05) is 6.92 Å². The maximum absolute atomic E-state index is 11.9. The zero-order valence-corrected chi connectivity index (χ0v) is 12.6. The molecule has 2 N–H and O–H groups in total. The number of hydrogen-bond acceptors (Lipinski definition) is 4. The molecule has 0 aliphatic carbocycles. The van der Waals surface area contributed by atoms with Gasteiger partial charge in [0, 0.05) is 27.3 Å². The number of carbonyl (C=O) groups is 1. The highest BCUT2D eigenvalue weighted by atomic mass is 32.1. The van der Waals surface area contributed by atoms with E-state index in [1.54, 1.807) is 42.8 Å². The third kappa shape index (κ3) is 2.29. The molecule has 0 saturated carbocycles. The van der Waals surface area contributed by atoms with E-state index in [0.29, 0.717) is 17.1 Å². The van der Waals surface area contributed by atoms with E-state index in [0.717, 1.165) is 5.69 Å². The standard InChI is InChI=1S/C12H16N6OS/c1-7-9(10(13)20)11(17(4)14-7)18-6-5-8(15-18)12(19)16(2)3/h5-6H,1-4H3,(H2,13,20). The number of carbonyl (C=O) groups excluding carboxylic acids is 1. The van der Waals surface area contributed by atoms with Gasteiger partial charge in [0.1, 0.15) is 4.99 Å². The van der Waals surface area contributed by atoms with Gasteiger partial charge in [-0.1, -0.05) is 12.2 Å². The summed E-state index contributed by atoms with van der Waals surface area (Å²) in [5, 5.41) is 8.56. The zero-order valence-electron chi connectivity index (χ0n) is 11.8. The van der Waals surface area contributed by atoms with Gasteiger partial charge in [-0.05, 0) is 13.0 Å². The van der Waals surface area contributed by atoms with Crippen LogP contribution in [-0.2, 0) is 7.05 Å². The summed E-state index contributed by atoms with van der Waals surface area (Å²) in [5.41, 5.74) is 7.48. The van der Waals surface area contributed by atoms with Crippen molar-refractivity contribution >= 4 is 23.1 Å². The maximum atomic E-state index is 11.9.